The first-order valence-corrected chi connectivity index (χ1v) is 4.37. The number of nitro groups is 1. The van der Waals surface area contributed by atoms with Crippen LogP contribution in [0.15, 0.2) is 41.1 Å². The number of non-ortho nitro benzene ring substituents is 1. The van der Waals surface area contributed by atoms with E-state index >= 15 is 0 Å². The number of rotatable bonds is 3. The SMILES string of the molecule is O=[N+]([O-])c1ccc(Cc2ncco2)cc1. The van der Waals surface area contributed by atoms with E-state index in [9.17, 15) is 10.1 Å². The number of nitro benzene ring substituents is 1. The van der Waals surface area contributed by atoms with E-state index in [-0.39, 0.29) is 5.69 Å². The van der Waals surface area contributed by atoms with Gasteiger partial charge >= 0.3 is 0 Å². The Morgan fingerprint density at radius 3 is 2.60 bits per heavy atom. The van der Waals surface area contributed by atoms with Gasteiger partial charge in [-0.05, 0) is 5.56 Å². The van der Waals surface area contributed by atoms with E-state index < -0.39 is 4.92 Å². The summed E-state index contributed by atoms with van der Waals surface area (Å²) in [6.07, 6.45) is 3.62. The Hall–Kier alpha value is -2.17. The minimum atomic E-state index is -0.422. The molecule has 0 saturated heterocycles. The third-order valence-corrected chi connectivity index (χ3v) is 1.99. The lowest BCUT2D eigenvalue weighted by atomic mass is 10.1. The predicted molar refractivity (Wildman–Crippen MR) is 52.4 cm³/mol. The molecule has 0 fully saturated rings. The molecule has 0 radical (unpaired) electrons. The number of benzene rings is 1. The molecule has 0 spiro atoms. The average Bonchev–Trinajstić information content (AvgIpc) is 2.71. The summed E-state index contributed by atoms with van der Waals surface area (Å²) in [5, 5.41) is 10.4. The molecule has 1 aromatic heterocycles. The Balaban J connectivity index is 2.14. The molecule has 0 atom stereocenters. The van der Waals surface area contributed by atoms with Crippen LogP contribution in [0.1, 0.15) is 11.5 Å². The maximum Gasteiger partial charge on any atom is 0.269 e. The third kappa shape index (κ3) is 2.19. The normalized spacial score (nSPS) is 10.1. The van der Waals surface area contributed by atoms with E-state index in [1.54, 1.807) is 18.3 Å². The van der Waals surface area contributed by atoms with Crippen molar-refractivity contribution in [3.05, 3.63) is 58.3 Å². The Morgan fingerprint density at radius 1 is 1.33 bits per heavy atom. The molecule has 0 N–H and O–H groups in total. The second-order valence-electron chi connectivity index (χ2n) is 3.03. The molecule has 0 aliphatic carbocycles. The van der Waals surface area contributed by atoms with Crippen LogP contribution in [0.4, 0.5) is 5.69 Å². The van der Waals surface area contributed by atoms with Crippen molar-refractivity contribution >= 4 is 5.69 Å². The van der Waals surface area contributed by atoms with Crippen molar-refractivity contribution in [2.45, 2.75) is 6.42 Å². The number of hydrogen-bond donors (Lipinski definition) is 0. The highest BCUT2D eigenvalue weighted by Gasteiger charge is 2.05. The molecule has 1 aromatic carbocycles. The van der Waals surface area contributed by atoms with Gasteiger partial charge in [-0.15, -0.1) is 0 Å². The molecule has 5 heteroatoms. The topological polar surface area (TPSA) is 69.2 Å². The van der Waals surface area contributed by atoms with Crippen molar-refractivity contribution in [2.24, 2.45) is 0 Å². The lowest BCUT2D eigenvalue weighted by molar-refractivity contribution is -0.384. The highest BCUT2D eigenvalue weighted by molar-refractivity contribution is 5.33. The molecule has 0 aliphatic heterocycles. The van der Waals surface area contributed by atoms with Crippen molar-refractivity contribution < 1.29 is 9.34 Å². The summed E-state index contributed by atoms with van der Waals surface area (Å²) < 4.78 is 5.07. The molecule has 0 unspecified atom stereocenters. The average molecular weight is 204 g/mol. The van der Waals surface area contributed by atoms with Gasteiger partial charge in [0.2, 0.25) is 0 Å². The van der Waals surface area contributed by atoms with Crippen LogP contribution in [-0.4, -0.2) is 9.91 Å². The lowest BCUT2D eigenvalue weighted by Gasteiger charge is -1.96. The van der Waals surface area contributed by atoms with Crippen molar-refractivity contribution in [1.82, 2.24) is 4.98 Å². The lowest BCUT2D eigenvalue weighted by Crippen LogP contribution is -1.90. The van der Waals surface area contributed by atoms with Crippen LogP contribution in [0, 0.1) is 10.1 Å². The molecule has 2 aromatic rings. The fourth-order valence-electron chi connectivity index (χ4n) is 1.25. The van der Waals surface area contributed by atoms with E-state index in [4.69, 9.17) is 4.42 Å². The first-order valence-electron chi connectivity index (χ1n) is 4.37. The van der Waals surface area contributed by atoms with Crippen molar-refractivity contribution in [3.8, 4) is 0 Å². The molecule has 0 saturated carbocycles. The first-order chi connectivity index (χ1) is 7.25. The maximum atomic E-state index is 10.4. The smallest absolute Gasteiger partial charge is 0.269 e. The Kier molecular flexibility index (Phi) is 2.45. The highest BCUT2D eigenvalue weighted by atomic mass is 16.6. The number of oxazole rings is 1. The molecule has 0 bridgehead atoms. The van der Waals surface area contributed by atoms with Crippen LogP contribution in [0.25, 0.3) is 0 Å². The van der Waals surface area contributed by atoms with Crippen LogP contribution in [0.2, 0.25) is 0 Å². The van der Waals surface area contributed by atoms with Gasteiger partial charge in [0.05, 0.1) is 11.1 Å². The Morgan fingerprint density at radius 2 is 2.07 bits per heavy atom. The van der Waals surface area contributed by atoms with E-state index in [2.05, 4.69) is 4.98 Å². The Bertz CT molecular complexity index is 448. The monoisotopic (exact) mass is 204 g/mol. The van der Waals surface area contributed by atoms with Gasteiger partial charge in [0.25, 0.3) is 5.69 Å². The predicted octanol–water partition coefficient (Wildman–Crippen LogP) is 2.17. The van der Waals surface area contributed by atoms with E-state index in [1.807, 2.05) is 0 Å². The third-order valence-electron chi connectivity index (χ3n) is 1.99. The number of hydrogen-bond acceptors (Lipinski definition) is 4. The van der Waals surface area contributed by atoms with Crippen LogP contribution in [0.3, 0.4) is 0 Å². The van der Waals surface area contributed by atoms with Crippen LogP contribution in [0.5, 0.6) is 0 Å². The fraction of sp³-hybridized carbons (Fsp3) is 0.100. The molecule has 2 rings (SSSR count). The van der Waals surface area contributed by atoms with Gasteiger partial charge in [-0.1, -0.05) is 12.1 Å². The number of aromatic nitrogens is 1. The van der Waals surface area contributed by atoms with Crippen molar-refractivity contribution in [3.63, 3.8) is 0 Å². The van der Waals surface area contributed by atoms with Gasteiger partial charge in [-0.3, -0.25) is 10.1 Å². The van der Waals surface area contributed by atoms with Gasteiger partial charge in [0.15, 0.2) is 5.89 Å². The summed E-state index contributed by atoms with van der Waals surface area (Å²) in [6, 6.07) is 6.33. The Labute approximate surface area is 85.5 Å². The van der Waals surface area contributed by atoms with Gasteiger partial charge in [-0.2, -0.15) is 0 Å². The van der Waals surface area contributed by atoms with Crippen molar-refractivity contribution in [1.29, 1.82) is 0 Å². The molecule has 15 heavy (non-hydrogen) atoms. The quantitative estimate of drug-likeness (QED) is 0.567. The van der Waals surface area contributed by atoms with Crippen LogP contribution < -0.4 is 0 Å². The van der Waals surface area contributed by atoms with E-state index in [1.165, 1.54) is 18.4 Å². The highest BCUT2D eigenvalue weighted by Crippen LogP contribution is 2.14. The molecule has 5 nitrogen and oxygen atoms in total. The summed E-state index contributed by atoms with van der Waals surface area (Å²) in [5.74, 6) is 0.601. The number of nitrogens with zero attached hydrogens (tertiary/aromatic N) is 2. The zero-order chi connectivity index (χ0) is 10.7. The summed E-state index contributed by atoms with van der Waals surface area (Å²) >= 11 is 0. The van der Waals surface area contributed by atoms with Crippen LogP contribution in [-0.2, 0) is 6.42 Å². The van der Waals surface area contributed by atoms with E-state index in [0.29, 0.717) is 12.3 Å². The second kappa shape index (κ2) is 3.91. The summed E-state index contributed by atoms with van der Waals surface area (Å²) in [7, 11) is 0. The minimum absolute atomic E-state index is 0.0890. The van der Waals surface area contributed by atoms with Gasteiger partial charge in [0, 0.05) is 18.6 Å². The summed E-state index contributed by atoms with van der Waals surface area (Å²) in [5.41, 5.74) is 1.02. The van der Waals surface area contributed by atoms with Crippen LogP contribution >= 0.6 is 0 Å². The van der Waals surface area contributed by atoms with Gasteiger partial charge in [0.1, 0.15) is 6.26 Å². The largest absolute Gasteiger partial charge is 0.449 e. The second-order valence-corrected chi connectivity index (χ2v) is 3.03. The molecular weight excluding hydrogens is 196 g/mol. The molecular formula is C10H8N2O3. The van der Waals surface area contributed by atoms with Gasteiger partial charge in [-0.25, -0.2) is 4.98 Å². The molecule has 0 aliphatic rings. The summed E-state index contributed by atoms with van der Waals surface area (Å²) in [6.45, 7) is 0. The first kappa shape index (κ1) is 9.39. The minimum Gasteiger partial charge on any atom is -0.449 e. The maximum absolute atomic E-state index is 10.4. The molecule has 0 amide bonds. The van der Waals surface area contributed by atoms with E-state index in [0.717, 1.165) is 5.56 Å². The zero-order valence-corrected chi connectivity index (χ0v) is 7.79. The molecule has 76 valence electrons. The summed E-state index contributed by atoms with van der Waals surface area (Å²) in [4.78, 5) is 14.0. The zero-order valence-electron chi connectivity index (χ0n) is 7.79. The fourth-order valence-corrected chi connectivity index (χ4v) is 1.25. The van der Waals surface area contributed by atoms with Gasteiger partial charge < -0.3 is 4.42 Å². The standard InChI is InChI=1S/C10H8N2O3/c13-12(14)9-3-1-8(2-4-9)7-10-11-5-6-15-10/h1-6H,7H2. The molecule has 1 heterocycles. The van der Waals surface area contributed by atoms with Crippen molar-refractivity contribution in [2.75, 3.05) is 0 Å².